The summed E-state index contributed by atoms with van der Waals surface area (Å²) in [5, 5.41) is 0. The Kier molecular flexibility index (Phi) is 3.90. The molecule has 0 saturated heterocycles. The molecule has 1 aromatic carbocycles. The Hall–Kier alpha value is -0.890. The fraction of sp³-hybridized carbons (Fsp3) is 0.182. The molecular weight excluding hydrogens is 228 g/mol. The summed E-state index contributed by atoms with van der Waals surface area (Å²) in [6, 6.07) is 7.79. The van der Waals surface area contributed by atoms with Gasteiger partial charge in [-0.1, -0.05) is 34.1 Å². The highest BCUT2D eigenvalue weighted by Gasteiger charge is 2.01. The van der Waals surface area contributed by atoms with Crippen molar-refractivity contribution in [1.29, 1.82) is 0 Å². The quantitative estimate of drug-likeness (QED) is 0.737. The molecule has 0 saturated carbocycles. The van der Waals surface area contributed by atoms with Gasteiger partial charge < -0.3 is 0 Å². The number of carbonyl (C=O) groups is 1. The maximum Gasteiger partial charge on any atom is 0.140 e. The van der Waals surface area contributed by atoms with Crippen molar-refractivity contribution in [3.63, 3.8) is 0 Å². The van der Waals surface area contributed by atoms with E-state index in [1.165, 1.54) is 0 Å². The average molecular weight is 239 g/mol. The number of Topliss-reactive ketones (excluding diaryl/α,β-unsaturated/α-hetero) is 1. The summed E-state index contributed by atoms with van der Waals surface area (Å²) < 4.78 is 1.01. The molecule has 0 aliphatic carbocycles. The third kappa shape index (κ3) is 3.55. The lowest BCUT2D eigenvalue weighted by Crippen LogP contribution is -2.00. The number of benzene rings is 1. The molecule has 0 atom stereocenters. The van der Waals surface area contributed by atoms with Crippen LogP contribution in [0, 0.1) is 0 Å². The summed E-state index contributed by atoms with van der Waals surface area (Å²) in [4.78, 5) is 11.2. The Balaban J connectivity index is 2.63. The summed E-state index contributed by atoms with van der Waals surface area (Å²) >= 11 is 3.36. The molecule has 0 amide bonds. The monoisotopic (exact) mass is 238 g/mol. The summed E-state index contributed by atoms with van der Waals surface area (Å²) in [5.74, 6) is 0.202. The van der Waals surface area contributed by atoms with Crippen molar-refractivity contribution in [2.45, 2.75) is 12.8 Å². The maximum absolute atomic E-state index is 11.2. The molecule has 0 aliphatic heterocycles. The Morgan fingerprint density at radius 3 is 2.92 bits per heavy atom. The van der Waals surface area contributed by atoms with E-state index in [9.17, 15) is 4.79 Å². The lowest BCUT2D eigenvalue weighted by Gasteiger charge is -1.99. The van der Waals surface area contributed by atoms with Crippen molar-refractivity contribution in [3.05, 3.63) is 47.0 Å². The normalized spacial score (nSPS) is 9.62. The predicted octanol–water partition coefficient (Wildman–Crippen LogP) is 3.14. The van der Waals surface area contributed by atoms with E-state index in [1.54, 1.807) is 6.08 Å². The Labute approximate surface area is 86.6 Å². The Morgan fingerprint density at radius 1 is 1.54 bits per heavy atom. The fourth-order valence-electron chi connectivity index (χ4n) is 1.11. The van der Waals surface area contributed by atoms with E-state index < -0.39 is 0 Å². The zero-order valence-electron chi connectivity index (χ0n) is 7.29. The number of hydrogen-bond acceptors (Lipinski definition) is 1. The van der Waals surface area contributed by atoms with Crippen molar-refractivity contribution in [2.24, 2.45) is 0 Å². The van der Waals surface area contributed by atoms with Crippen LogP contribution in [-0.2, 0) is 11.2 Å². The van der Waals surface area contributed by atoms with E-state index in [4.69, 9.17) is 0 Å². The topological polar surface area (TPSA) is 17.1 Å². The Bertz CT molecular complexity index is 318. The van der Waals surface area contributed by atoms with Gasteiger partial charge in [0.25, 0.3) is 0 Å². The van der Waals surface area contributed by atoms with Crippen LogP contribution < -0.4 is 0 Å². The number of rotatable bonds is 4. The molecule has 0 unspecified atom stereocenters. The van der Waals surface area contributed by atoms with E-state index in [0.717, 1.165) is 10.0 Å². The van der Waals surface area contributed by atoms with Crippen LogP contribution in [0.15, 0.2) is 41.4 Å². The van der Waals surface area contributed by atoms with Gasteiger partial charge in [0.2, 0.25) is 0 Å². The summed E-state index contributed by atoms with van der Waals surface area (Å²) in [6.07, 6.45) is 2.58. The zero-order chi connectivity index (χ0) is 9.68. The minimum absolute atomic E-state index is 0.202. The molecular formula is C11H11BrO. The van der Waals surface area contributed by atoms with Gasteiger partial charge in [0, 0.05) is 17.3 Å². The van der Waals surface area contributed by atoms with E-state index in [0.29, 0.717) is 12.8 Å². The standard InChI is InChI=1S/C11H11BrO/c1-2-4-11(13)8-9-5-3-6-10(12)7-9/h2-3,5-7H,1,4,8H2. The van der Waals surface area contributed by atoms with Crippen LogP contribution in [0.4, 0.5) is 0 Å². The van der Waals surface area contributed by atoms with Gasteiger partial charge in [-0.2, -0.15) is 0 Å². The van der Waals surface area contributed by atoms with Crippen molar-refractivity contribution in [3.8, 4) is 0 Å². The van der Waals surface area contributed by atoms with E-state index >= 15 is 0 Å². The van der Waals surface area contributed by atoms with Crippen LogP contribution in [0.3, 0.4) is 0 Å². The number of ketones is 1. The lowest BCUT2D eigenvalue weighted by molar-refractivity contribution is -0.117. The SMILES string of the molecule is C=CCC(=O)Cc1cccc(Br)c1. The molecule has 0 N–H and O–H groups in total. The Morgan fingerprint density at radius 2 is 2.31 bits per heavy atom. The highest BCUT2D eigenvalue weighted by Crippen LogP contribution is 2.12. The summed E-state index contributed by atoms with van der Waals surface area (Å²) in [6.45, 7) is 3.53. The van der Waals surface area contributed by atoms with Gasteiger partial charge in [0.15, 0.2) is 0 Å². The van der Waals surface area contributed by atoms with Crippen molar-refractivity contribution < 1.29 is 4.79 Å². The summed E-state index contributed by atoms with van der Waals surface area (Å²) in [7, 11) is 0. The minimum atomic E-state index is 0.202. The molecule has 68 valence electrons. The third-order valence-electron chi connectivity index (χ3n) is 1.66. The number of allylic oxidation sites excluding steroid dienone is 1. The van der Waals surface area contributed by atoms with Crippen LogP contribution >= 0.6 is 15.9 Å². The molecule has 0 bridgehead atoms. The molecule has 1 nitrogen and oxygen atoms in total. The van der Waals surface area contributed by atoms with Crippen LogP contribution in [0.5, 0.6) is 0 Å². The van der Waals surface area contributed by atoms with Crippen molar-refractivity contribution in [2.75, 3.05) is 0 Å². The molecule has 0 aliphatic rings. The van der Waals surface area contributed by atoms with Gasteiger partial charge in [-0.15, -0.1) is 6.58 Å². The molecule has 0 aromatic heterocycles. The zero-order valence-corrected chi connectivity index (χ0v) is 8.88. The largest absolute Gasteiger partial charge is 0.299 e. The second-order valence-electron chi connectivity index (χ2n) is 2.84. The van der Waals surface area contributed by atoms with Crippen LogP contribution in [0.25, 0.3) is 0 Å². The minimum Gasteiger partial charge on any atom is -0.299 e. The fourth-order valence-corrected chi connectivity index (χ4v) is 1.55. The van der Waals surface area contributed by atoms with Gasteiger partial charge in [-0.25, -0.2) is 0 Å². The highest BCUT2D eigenvalue weighted by molar-refractivity contribution is 9.10. The first-order chi connectivity index (χ1) is 6.22. The van der Waals surface area contributed by atoms with E-state index in [1.807, 2.05) is 24.3 Å². The van der Waals surface area contributed by atoms with Gasteiger partial charge in [0.05, 0.1) is 0 Å². The number of carbonyl (C=O) groups excluding carboxylic acids is 1. The van der Waals surface area contributed by atoms with Gasteiger partial charge in [0.1, 0.15) is 5.78 Å². The van der Waals surface area contributed by atoms with E-state index in [-0.39, 0.29) is 5.78 Å². The molecule has 2 heteroatoms. The van der Waals surface area contributed by atoms with Crippen molar-refractivity contribution in [1.82, 2.24) is 0 Å². The molecule has 1 rings (SSSR count). The molecule has 13 heavy (non-hydrogen) atoms. The van der Waals surface area contributed by atoms with Crippen LogP contribution in [-0.4, -0.2) is 5.78 Å². The lowest BCUT2D eigenvalue weighted by atomic mass is 10.1. The molecule has 0 heterocycles. The first kappa shape index (κ1) is 10.2. The van der Waals surface area contributed by atoms with Gasteiger partial charge in [-0.05, 0) is 17.7 Å². The maximum atomic E-state index is 11.2. The second kappa shape index (κ2) is 4.97. The number of hydrogen-bond donors (Lipinski definition) is 0. The van der Waals surface area contributed by atoms with Crippen LogP contribution in [0.1, 0.15) is 12.0 Å². The molecule has 0 radical (unpaired) electrons. The predicted molar refractivity (Wildman–Crippen MR) is 57.7 cm³/mol. The highest BCUT2D eigenvalue weighted by atomic mass is 79.9. The number of halogens is 1. The van der Waals surface area contributed by atoms with E-state index in [2.05, 4.69) is 22.5 Å². The third-order valence-corrected chi connectivity index (χ3v) is 2.16. The second-order valence-corrected chi connectivity index (χ2v) is 3.75. The molecule has 1 aromatic rings. The summed E-state index contributed by atoms with van der Waals surface area (Å²) in [5.41, 5.74) is 1.04. The smallest absolute Gasteiger partial charge is 0.140 e. The molecule has 0 spiro atoms. The molecule has 0 fully saturated rings. The van der Waals surface area contributed by atoms with Crippen molar-refractivity contribution >= 4 is 21.7 Å². The first-order valence-corrected chi connectivity index (χ1v) is 4.88. The average Bonchev–Trinajstić information content (AvgIpc) is 2.04. The van der Waals surface area contributed by atoms with Crippen LogP contribution in [0.2, 0.25) is 0 Å². The van der Waals surface area contributed by atoms with Gasteiger partial charge >= 0.3 is 0 Å². The first-order valence-electron chi connectivity index (χ1n) is 4.09. The van der Waals surface area contributed by atoms with Gasteiger partial charge in [-0.3, -0.25) is 4.79 Å².